The molecule has 0 saturated carbocycles. The highest BCUT2D eigenvalue weighted by atomic mass is 19.4. The summed E-state index contributed by atoms with van der Waals surface area (Å²) in [6, 6.07) is 4.41. The number of rotatable bonds is 4. The van der Waals surface area contributed by atoms with Gasteiger partial charge in [0.15, 0.2) is 0 Å². The van der Waals surface area contributed by atoms with E-state index in [2.05, 4.69) is 20.4 Å². The van der Waals surface area contributed by atoms with Crippen molar-refractivity contribution in [1.29, 1.82) is 0 Å². The SMILES string of the molecule is O=[N+]([O-])c1ncn(Cc2cn(-c3ccc(C(F)(F)F)cc3)nn2)n1. The molecule has 24 heavy (non-hydrogen) atoms. The highest BCUT2D eigenvalue weighted by molar-refractivity contribution is 5.34. The van der Waals surface area contributed by atoms with Gasteiger partial charge in [-0.05, 0) is 29.2 Å². The zero-order chi connectivity index (χ0) is 17.3. The Morgan fingerprint density at radius 2 is 1.92 bits per heavy atom. The highest BCUT2D eigenvalue weighted by Gasteiger charge is 2.30. The van der Waals surface area contributed by atoms with Crippen LogP contribution in [0.3, 0.4) is 0 Å². The molecule has 0 unspecified atom stereocenters. The first-order valence-electron chi connectivity index (χ1n) is 6.45. The van der Waals surface area contributed by atoms with Crippen LogP contribution >= 0.6 is 0 Å². The Morgan fingerprint density at radius 3 is 2.50 bits per heavy atom. The summed E-state index contributed by atoms with van der Waals surface area (Å²) in [6.07, 6.45) is -1.75. The summed E-state index contributed by atoms with van der Waals surface area (Å²) in [6.45, 7) is 0.0848. The van der Waals surface area contributed by atoms with E-state index in [1.165, 1.54) is 34.0 Å². The van der Waals surface area contributed by atoms with Gasteiger partial charge >= 0.3 is 12.1 Å². The summed E-state index contributed by atoms with van der Waals surface area (Å²) in [4.78, 5) is 13.3. The van der Waals surface area contributed by atoms with Crippen molar-refractivity contribution in [1.82, 2.24) is 29.8 Å². The molecule has 0 aliphatic rings. The Morgan fingerprint density at radius 1 is 1.21 bits per heavy atom. The maximum absolute atomic E-state index is 12.5. The second-order valence-electron chi connectivity index (χ2n) is 4.70. The third-order valence-corrected chi connectivity index (χ3v) is 3.01. The van der Waals surface area contributed by atoms with E-state index in [1.54, 1.807) is 0 Å². The lowest BCUT2D eigenvalue weighted by Crippen LogP contribution is -2.05. The molecule has 2 aromatic heterocycles. The van der Waals surface area contributed by atoms with Crippen molar-refractivity contribution in [2.75, 3.05) is 0 Å². The summed E-state index contributed by atoms with van der Waals surface area (Å²) < 4.78 is 40.1. The lowest BCUT2D eigenvalue weighted by molar-refractivity contribution is -0.394. The van der Waals surface area contributed by atoms with Crippen LogP contribution in [0.2, 0.25) is 0 Å². The average Bonchev–Trinajstić information content (AvgIpc) is 3.16. The number of benzene rings is 1. The van der Waals surface area contributed by atoms with Crippen molar-refractivity contribution in [3.8, 4) is 5.69 Å². The summed E-state index contributed by atoms with van der Waals surface area (Å²) in [5.41, 5.74) is 0.0440. The van der Waals surface area contributed by atoms with Gasteiger partial charge in [0.2, 0.25) is 6.33 Å². The minimum absolute atomic E-state index is 0.0848. The summed E-state index contributed by atoms with van der Waals surface area (Å²) in [5.74, 6) is -0.537. The molecule has 1 aromatic carbocycles. The largest absolute Gasteiger partial charge is 0.490 e. The number of halogens is 3. The third-order valence-electron chi connectivity index (χ3n) is 3.01. The molecular formula is C12H8F3N7O2. The van der Waals surface area contributed by atoms with Crippen molar-refractivity contribution in [2.45, 2.75) is 12.7 Å². The van der Waals surface area contributed by atoms with E-state index in [0.29, 0.717) is 11.4 Å². The first kappa shape index (κ1) is 15.6. The first-order valence-corrected chi connectivity index (χ1v) is 6.45. The Bertz CT molecular complexity index is 869. The van der Waals surface area contributed by atoms with Gasteiger partial charge in [0.05, 0.1) is 17.4 Å². The normalized spacial score (nSPS) is 11.6. The fraction of sp³-hybridized carbons (Fsp3) is 0.167. The molecule has 12 heteroatoms. The molecule has 0 spiro atoms. The molecule has 0 aliphatic heterocycles. The van der Waals surface area contributed by atoms with Crippen LogP contribution in [0.4, 0.5) is 19.1 Å². The van der Waals surface area contributed by atoms with E-state index < -0.39 is 22.6 Å². The number of hydrogen-bond donors (Lipinski definition) is 0. The van der Waals surface area contributed by atoms with Gasteiger partial charge in [-0.3, -0.25) is 0 Å². The van der Waals surface area contributed by atoms with E-state index in [1.807, 2.05) is 0 Å². The molecular weight excluding hydrogens is 331 g/mol. The van der Waals surface area contributed by atoms with Crippen LogP contribution in [-0.4, -0.2) is 34.7 Å². The fourth-order valence-electron chi connectivity index (χ4n) is 1.91. The van der Waals surface area contributed by atoms with Crippen LogP contribution in [0.15, 0.2) is 36.8 Å². The van der Waals surface area contributed by atoms with E-state index in [-0.39, 0.29) is 6.54 Å². The third kappa shape index (κ3) is 3.21. The lowest BCUT2D eigenvalue weighted by atomic mass is 10.2. The molecule has 0 bridgehead atoms. The predicted octanol–water partition coefficient (Wildman–Crippen LogP) is 1.83. The number of nitro groups is 1. The quantitative estimate of drug-likeness (QED) is 0.530. The Labute approximate surface area is 131 Å². The van der Waals surface area contributed by atoms with Crippen molar-refractivity contribution in [3.05, 3.63) is 58.2 Å². The molecule has 0 amide bonds. The van der Waals surface area contributed by atoms with Gasteiger partial charge in [-0.15, -0.1) is 5.10 Å². The molecule has 3 rings (SSSR count). The van der Waals surface area contributed by atoms with Crippen LogP contribution in [-0.2, 0) is 12.7 Å². The molecule has 9 nitrogen and oxygen atoms in total. The number of aromatic nitrogens is 6. The summed E-state index contributed by atoms with van der Waals surface area (Å²) in [7, 11) is 0. The van der Waals surface area contributed by atoms with Crippen molar-refractivity contribution < 1.29 is 18.1 Å². The van der Waals surface area contributed by atoms with Gasteiger partial charge in [0.1, 0.15) is 12.2 Å². The molecule has 124 valence electrons. The molecule has 3 aromatic rings. The monoisotopic (exact) mass is 339 g/mol. The van der Waals surface area contributed by atoms with Gasteiger partial charge in [-0.1, -0.05) is 10.2 Å². The molecule has 0 N–H and O–H groups in total. The van der Waals surface area contributed by atoms with Crippen molar-refractivity contribution >= 4 is 5.95 Å². The molecule has 0 fully saturated rings. The second kappa shape index (κ2) is 5.72. The molecule has 0 radical (unpaired) electrons. The maximum atomic E-state index is 12.5. The average molecular weight is 339 g/mol. The van der Waals surface area contributed by atoms with Gasteiger partial charge in [0, 0.05) is 5.10 Å². The Balaban J connectivity index is 1.76. The standard InChI is InChI=1S/C12H8F3N7O2/c13-12(14,15)8-1-3-10(4-2-8)21-6-9(17-19-21)5-20-7-16-11(18-20)22(23)24/h1-4,6-7H,5H2. The van der Waals surface area contributed by atoms with Crippen LogP contribution < -0.4 is 0 Å². The van der Waals surface area contributed by atoms with Crippen LogP contribution in [0.1, 0.15) is 11.3 Å². The van der Waals surface area contributed by atoms with Crippen molar-refractivity contribution in [2.24, 2.45) is 0 Å². The second-order valence-corrected chi connectivity index (χ2v) is 4.70. The number of nitrogens with zero attached hydrogens (tertiary/aromatic N) is 7. The summed E-state index contributed by atoms with van der Waals surface area (Å²) in [5, 5.41) is 21.8. The number of alkyl halides is 3. The van der Waals surface area contributed by atoms with Gasteiger partial charge < -0.3 is 10.1 Å². The van der Waals surface area contributed by atoms with E-state index >= 15 is 0 Å². The zero-order valence-corrected chi connectivity index (χ0v) is 11.8. The Kier molecular flexibility index (Phi) is 3.71. The smallest absolute Gasteiger partial charge is 0.390 e. The van der Waals surface area contributed by atoms with E-state index in [4.69, 9.17) is 0 Å². The molecule has 0 atom stereocenters. The Hall–Kier alpha value is -3.31. The van der Waals surface area contributed by atoms with Gasteiger partial charge in [-0.25, -0.2) is 4.68 Å². The topological polar surface area (TPSA) is 105 Å². The van der Waals surface area contributed by atoms with Crippen molar-refractivity contribution in [3.63, 3.8) is 0 Å². The minimum atomic E-state index is -4.41. The minimum Gasteiger partial charge on any atom is -0.390 e. The summed E-state index contributed by atoms with van der Waals surface area (Å²) >= 11 is 0. The van der Waals surface area contributed by atoms with Crippen LogP contribution in [0, 0.1) is 10.1 Å². The van der Waals surface area contributed by atoms with Crippen LogP contribution in [0.25, 0.3) is 5.69 Å². The number of hydrogen-bond acceptors (Lipinski definition) is 6. The zero-order valence-electron chi connectivity index (χ0n) is 11.8. The molecule has 2 heterocycles. The fourth-order valence-corrected chi connectivity index (χ4v) is 1.91. The molecule has 0 saturated heterocycles. The van der Waals surface area contributed by atoms with E-state index in [0.717, 1.165) is 12.1 Å². The highest BCUT2D eigenvalue weighted by Crippen LogP contribution is 2.29. The predicted molar refractivity (Wildman–Crippen MR) is 72.1 cm³/mol. The van der Waals surface area contributed by atoms with Gasteiger partial charge in [0.25, 0.3) is 0 Å². The van der Waals surface area contributed by atoms with Crippen LogP contribution in [0.5, 0.6) is 0 Å². The van der Waals surface area contributed by atoms with Gasteiger partial charge in [-0.2, -0.15) is 17.9 Å². The molecule has 0 aliphatic carbocycles. The lowest BCUT2D eigenvalue weighted by Gasteiger charge is -2.07. The first-order chi connectivity index (χ1) is 11.3. The maximum Gasteiger partial charge on any atom is 0.490 e. The van der Waals surface area contributed by atoms with E-state index in [9.17, 15) is 23.3 Å².